The van der Waals surface area contributed by atoms with Crippen molar-refractivity contribution in [2.24, 2.45) is 0 Å². The number of pyridine rings is 1. The molecule has 0 atom stereocenters. The lowest BCUT2D eigenvalue weighted by atomic mass is 10.1. The second-order valence-corrected chi connectivity index (χ2v) is 5.94. The number of benzene rings is 1. The van der Waals surface area contributed by atoms with Gasteiger partial charge in [0.05, 0.1) is 17.1 Å². The molecule has 0 amide bonds. The molecule has 0 unspecified atom stereocenters. The first-order valence-electron chi connectivity index (χ1n) is 7.83. The van der Waals surface area contributed by atoms with Crippen LogP contribution in [0.5, 0.6) is 0 Å². The van der Waals surface area contributed by atoms with Crippen molar-refractivity contribution in [3.8, 4) is 22.6 Å². The molecule has 6 nitrogen and oxygen atoms in total. The van der Waals surface area contributed by atoms with Gasteiger partial charge >= 0.3 is 0 Å². The second kappa shape index (κ2) is 5.90. The summed E-state index contributed by atoms with van der Waals surface area (Å²) in [7, 11) is 3.96. The Morgan fingerprint density at radius 1 is 1.12 bits per heavy atom. The minimum atomic E-state index is -0.107. The van der Waals surface area contributed by atoms with Crippen molar-refractivity contribution in [1.29, 1.82) is 0 Å². The SMILES string of the molecule is CN(C)c1cccc(-c2nccc3c(=O)cc(-c4cn[nH]c4)oc23)c1. The summed E-state index contributed by atoms with van der Waals surface area (Å²) in [5, 5.41) is 7.15. The van der Waals surface area contributed by atoms with Crippen molar-refractivity contribution in [3.05, 3.63) is 65.2 Å². The van der Waals surface area contributed by atoms with E-state index in [2.05, 4.69) is 15.2 Å². The van der Waals surface area contributed by atoms with E-state index >= 15 is 0 Å². The van der Waals surface area contributed by atoms with Crippen LogP contribution in [-0.2, 0) is 0 Å². The molecule has 3 aromatic heterocycles. The fourth-order valence-corrected chi connectivity index (χ4v) is 2.75. The number of hydrogen-bond donors (Lipinski definition) is 1. The molecular weight excluding hydrogens is 316 g/mol. The predicted octanol–water partition coefficient (Wildman–Crippen LogP) is 3.31. The molecule has 0 aliphatic heterocycles. The molecule has 0 bridgehead atoms. The molecule has 0 saturated heterocycles. The number of fused-ring (bicyclic) bond motifs is 1. The van der Waals surface area contributed by atoms with E-state index in [1.165, 1.54) is 6.07 Å². The smallest absolute Gasteiger partial charge is 0.193 e. The summed E-state index contributed by atoms with van der Waals surface area (Å²) in [5.41, 5.74) is 3.67. The topological polar surface area (TPSA) is 75.0 Å². The van der Waals surface area contributed by atoms with Gasteiger partial charge < -0.3 is 9.32 Å². The lowest BCUT2D eigenvalue weighted by molar-refractivity contribution is 0.618. The van der Waals surface area contributed by atoms with Crippen LogP contribution >= 0.6 is 0 Å². The van der Waals surface area contributed by atoms with Gasteiger partial charge in [-0.05, 0) is 18.2 Å². The molecule has 3 heterocycles. The first kappa shape index (κ1) is 15.1. The molecule has 4 aromatic rings. The Bertz CT molecular complexity index is 1100. The zero-order chi connectivity index (χ0) is 17.4. The number of aromatic amines is 1. The maximum atomic E-state index is 12.5. The van der Waals surface area contributed by atoms with Crippen molar-refractivity contribution >= 4 is 16.7 Å². The van der Waals surface area contributed by atoms with E-state index in [4.69, 9.17) is 4.42 Å². The van der Waals surface area contributed by atoms with Crippen molar-refractivity contribution in [3.63, 3.8) is 0 Å². The van der Waals surface area contributed by atoms with Gasteiger partial charge in [-0.1, -0.05) is 12.1 Å². The van der Waals surface area contributed by atoms with Crippen LogP contribution in [0.3, 0.4) is 0 Å². The Morgan fingerprint density at radius 2 is 2.00 bits per heavy atom. The van der Waals surface area contributed by atoms with Crippen LogP contribution in [0.2, 0.25) is 0 Å². The number of hydrogen-bond acceptors (Lipinski definition) is 5. The van der Waals surface area contributed by atoms with E-state index in [9.17, 15) is 4.79 Å². The van der Waals surface area contributed by atoms with Crippen LogP contribution in [0.4, 0.5) is 5.69 Å². The summed E-state index contributed by atoms with van der Waals surface area (Å²) < 4.78 is 6.04. The Hall–Kier alpha value is -3.41. The highest BCUT2D eigenvalue weighted by atomic mass is 16.3. The molecule has 0 radical (unpaired) electrons. The first-order chi connectivity index (χ1) is 12.1. The van der Waals surface area contributed by atoms with Crippen molar-refractivity contribution in [1.82, 2.24) is 15.2 Å². The maximum absolute atomic E-state index is 12.5. The molecule has 0 spiro atoms. The van der Waals surface area contributed by atoms with Gasteiger partial charge in [0.15, 0.2) is 11.0 Å². The monoisotopic (exact) mass is 332 g/mol. The molecule has 0 saturated carbocycles. The van der Waals surface area contributed by atoms with E-state index < -0.39 is 0 Å². The van der Waals surface area contributed by atoms with Crippen LogP contribution in [0.1, 0.15) is 0 Å². The number of nitrogens with one attached hydrogen (secondary N) is 1. The van der Waals surface area contributed by atoms with E-state index in [-0.39, 0.29) is 5.43 Å². The van der Waals surface area contributed by atoms with Crippen LogP contribution < -0.4 is 10.3 Å². The Balaban J connectivity index is 1.98. The molecule has 124 valence electrons. The van der Waals surface area contributed by atoms with Gasteiger partial charge in [0.2, 0.25) is 0 Å². The summed E-state index contributed by atoms with van der Waals surface area (Å²) >= 11 is 0. The molecule has 0 aliphatic carbocycles. The molecule has 6 heteroatoms. The van der Waals surface area contributed by atoms with Gasteiger partial charge in [-0.3, -0.25) is 14.9 Å². The maximum Gasteiger partial charge on any atom is 0.193 e. The number of H-pyrrole nitrogens is 1. The highest BCUT2D eigenvalue weighted by molar-refractivity contribution is 5.91. The number of rotatable bonds is 3. The molecule has 0 aliphatic rings. The molecular formula is C19H16N4O2. The third kappa shape index (κ3) is 2.67. The Kier molecular flexibility index (Phi) is 3.57. The largest absolute Gasteiger partial charge is 0.453 e. The minimum absolute atomic E-state index is 0.107. The van der Waals surface area contributed by atoms with Gasteiger partial charge in [-0.15, -0.1) is 0 Å². The lowest BCUT2D eigenvalue weighted by Crippen LogP contribution is -2.08. The number of aromatic nitrogens is 3. The van der Waals surface area contributed by atoms with E-state index in [0.29, 0.717) is 22.4 Å². The minimum Gasteiger partial charge on any atom is -0.453 e. The summed E-state index contributed by atoms with van der Waals surface area (Å²) in [6, 6.07) is 11.1. The highest BCUT2D eigenvalue weighted by Crippen LogP contribution is 2.30. The first-order valence-corrected chi connectivity index (χ1v) is 7.83. The van der Waals surface area contributed by atoms with Crippen LogP contribution in [-0.4, -0.2) is 29.3 Å². The quantitative estimate of drug-likeness (QED) is 0.623. The zero-order valence-electron chi connectivity index (χ0n) is 13.9. The highest BCUT2D eigenvalue weighted by Gasteiger charge is 2.14. The van der Waals surface area contributed by atoms with Gasteiger partial charge in [0.1, 0.15) is 11.5 Å². The van der Waals surface area contributed by atoms with Crippen molar-refractivity contribution < 1.29 is 4.42 Å². The van der Waals surface area contributed by atoms with Crippen molar-refractivity contribution in [2.75, 3.05) is 19.0 Å². The third-order valence-corrected chi connectivity index (χ3v) is 4.06. The van der Waals surface area contributed by atoms with Crippen LogP contribution in [0.15, 0.2) is 64.2 Å². The predicted molar refractivity (Wildman–Crippen MR) is 97.6 cm³/mol. The summed E-state index contributed by atoms with van der Waals surface area (Å²) in [5.74, 6) is 0.462. The Morgan fingerprint density at radius 3 is 2.76 bits per heavy atom. The number of nitrogens with zero attached hydrogens (tertiary/aromatic N) is 3. The number of anilines is 1. The summed E-state index contributed by atoms with van der Waals surface area (Å²) in [6.07, 6.45) is 4.94. The fraction of sp³-hybridized carbons (Fsp3) is 0.105. The summed E-state index contributed by atoms with van der Waals surface area (Å²) in [6.45, 7) is 0. The summed E-state index contributed by atoms with van der Waals surface area (Å²) in [4.78, 5) is 19.0. The molecule has 25 heavy (non-hydrogen) atoms. The van der Waals surface area contributed by atoms with E-state index in [1.54, 1.807) is 24.7 Å². The van der Waals surface area contributed by atoms with Gasteiger partial charge in [0.25, 0.3) is 0 Å². The zero-order valence-corrected chi connectivity index (χ0v) is 13.9. The molecule has 1 aromatic carbocycles. The molecule has 4 rings (SSSR count). The van der Waals surface area contributed by atoms with Crippen LogP contribution in [0.25, 0.3) is 33.6 Å². The fourth-order valence-electron chi connectivity index (χ4n) is 2.75. The van der Waals surface area contributed by atoms with Crippen LogP contribution in [0, 0.1) is 0 Å². The van der Waals surface area contributed by atoms with Gasteiger partial charge in [-0.25, -0.2) is 0 Å². The normalized spacial score (nSPS) is 11.0. The van der Waals surface area contributed by atoms with Gasteiger partial charge in [0, 0.05) is 43.8 Å². The lowest BCUT2D eigenvalue weighted by Gasteiger charge is -2.14. The van der Waals surface area contributed by atoms with E-state index in [0.717, 1.165) is 16.8 Å². The molecule has 0 fully saturated rings. The average molecular weight is 332 g/mol. The van der Waals surface area contributed by atoms with Crippen molar-refractivity contribution in [2.45, 2.75) is 0 Å². The van der Waals surface area contributed by atoms with Gasteiger partial charge in [-0.2, -0.15) is 5.10 Å². The molecule has 1 N–H and O–H groups in total. The average Bonchev–Trinajstić information content (AvgIpc) is 3.16. The van der Waals surface area contributed by atoms with E-state index in [1.807, 2.05) is 43.3 Å². The third-order valence-electron chi connectivity index (χ3n) is 4.06. The second-order valence-electron chi connectivity index (χ2n) is 5.94. The Labute approximate surface area is 143 Å². The standard InChI is InChI=1S/C19H16N4O2/c1-23(2)14-5-3-4-12(8-14)18-19-15(6-7-20-18)16(24)9-17(25-19)13-10-21-22-11-13/h3-11H,1-2H3,(H,21,22).